The maximum atomic E-state index is 13.8. The smallest absolute Gasteiger partial charge is 0.308 e. The molecule has 0 radical (unpaired) electrons. The maximum Gasteiger partial charge on any atom is 0.416 e. The van der Waals surface area contributed by atoms with Crippen LogP contribution in [0.3, 0.4) is 0 Å². The van der Waals surface area contributed by atoms with Gasteiger partial charge < -0.3 is 4.57 Å². The number of rotatable bonds is 8. The molecular formula is C59H37F3N6. The molecule has 0 aliphatic carbocycles. The van der Waals surface area contributed by atoms with E-state index in [0.29, 0.717) is 67.9 Å². The summed E-state index contributed by atoms with van der Waals surface area (Å²) in [6.07, 6.45) is -4.46. The predicted octanol–water partition coefficient (Wildman–Crippen LogP) is 15.2. The van der Waals surface area contributed by atoms with Crippen LogP contribution in [0, 0.1) is 18.3 Å². The molecule has 0 fully saturated rings. The van der Waals surface area contributed by atoms with Gasteiger partial charge in [-0.3, -0.25) is 0 Å². The van der Waals surface area contributed by atoms with Gasteiger partial charge in [0, 0.05) is 44.2 Å². The first kappa shape index (κ1) is 41.7. The third-order valence-corrected chi connectivity index (χ3v) is 12.2. The number of para-hydroxylation sites is 1. The zero-order valence-corrected chi connectivity index (χ0v) is 36.4. The van der Waals surface area contributed by atoms with Crippen LogP contribution in [0.25, 0.3) is 106 Å². The van der Waals surface area contributed by atoms with Crippen molar-refractivity contribution in [2.75, 3.05) is 0 Å². The molecular weight excluding hydrogens is 850 g/mol. The molecule has 0 amide bonds. The van der Waals surface area contributed by atoms with Crippen LogP contribution < -0.4 is 0 Å². The first-order chi connectivity index (χ1) is 33.2. The third kappa shape index (κ3) is 7.74. The van der Waals surface area contributed by atoms with Crippen LogP contribution in [-0.4, -0.2) is 24.5 Å². The predicted molar refractivity (Wildman–Crippen MR) is 264 cm³/mol. The molecule has 0 saturated heterocycles. The molecule has 0 unspecified atom stereocenters. The molecule has 9 heteroatoms. The minimum atomic E-state index is -4.46. The second-order valence-electron chi connectivity index (χ2n) is 16.5. The molecule has 8 aromatic carbocycles. The fraction of sp³-hybridized carbons (Fsp3) is 0.0339. The Kier molecular flexibility index (Phi) is 10.5. The first-order valence-corrected chi connectivity index (χ1v) is 22.0. The molecule has 0 saturated carbocycles. The van der Waals surface area contributed by atoms with E-state index in [-0.39, 0.29) is 0 Å². The summed E-state index contributed by atoms with van der Waals surface area (Å²) in [5.41, 5.74) is 11.4. The van der Waals surface area contributed by atoms with Crippen molar-refractivity contribution in [3.8, 4) is 90.7 Å². The van der Waals surface area contributed by atoms with E-state index in [0.717, 1.165) is 55.7 Å². The number of aromatic nitrogens is 5. The van der Waals surface area contributed by atoms with Gasteiger partial charge in [-0.25, -0.2) is 19.9 Å². The number of hydrogen-bond donors (Lipinski definition) is 0. The fourth-order valence-corrected chi connectivity index (χ4v) is 8.99. The van der Waals surface area contributed by atoms with E-state index in [1.54, 1.807) is 6.92 Å². The van der Waals surface area contributed by atoms with Crippen molar-refractivity contribution in [3.63, 3.8) is 0 Å². The molecule has 0 aliphatic heterocycles. The Balaban J connectivity index is 1.26. The number of nitriles is 1. The van der Waals surface area contributed by atoms with E-state index in [9.17, 15) is 18.4 Å². The summed E-state index contributed by atoms with van der Waals surface area (Å²) < 4.78 is 43.6. The average molecular weight is 887 g/mol. The quantitative estimate of drug-likeness (QED) is 0.152. The van der Waals surface area contributed by atoms with Crippen LogP contribution in [0.4, 0.5) is 13.2 Å². The Bertz CT molecular complexity index is 3470. The van der Waals surface area contributed by atoms with Gasteiger partial charge >= 0.3 is 6.18 Å². The van der Waals surface area contributed by atoms with Gasteiger partial charge in [0.25, 0.3) is 0 Å². The van der Waals surface area contributed by atoms with Crippen molar-refractivity contribution in [3.05, 3.63) is 223 Å². The topological polar surface area (TPSA) is 80.3 Å². The van der Waals surface area contributed by atoms with Gasteiger partial charge in [0.2, 0.25) is 0 Å². The van der Waals surface area contributed by atoms with Gasteiger partial charge in [-0.15, -0.1) is 0 Å². The SMILES string of the molecule is Cc1cc(C(F)(F)F)ccc1-c1ccc2c(c1)c1ccccc1n2-c1c(-c2nc(-c3ccccc3)cc(-c3ccccc3)n2)cc(C#N)cc1-c1nc(-c2ccccc2)cc(-c2ccccc2)n1. The Morgan fingerprint density at radius 3 is 1.31 bits per heavy atom. The summed E-state index contributed by atoms with van der Waals surface area (Å²) in [5.74, 6) is 0.757. The van der Waals surface area contributed by atoms with Crippen LogP contribution >= 0.6 is 0 Å². The fourth-order valence-electron chi connectivity index (χ4n) is 8.99. The molecule has 11 aromatic rings. The number of aryl methyl sites for hydroxylation is 1. The number of fused-ring (bicyclic) bond motifs is 3. The second kappa shape index (κ2) is 17.1. The number of hydrogen-bond acceptors (Lipinski definition) is 5. The zero-order chi connectivity index (χ0) is 46.4. The summed E-state index contributed by atoms with van der Waals surface area (Å²) in [4.78, 5) is 21.2. The van der Waals surface area contributed by atoms with Crippen LogP contribution in [-0.2, 0) is 6.18 Å². The molecule has 324 valence electrons. The maximum absolute atomic E-state index is 13.8. The largest absolute Gasteiger partial charge is 0.416 e. The summed E-state index contributed by atoms with van der Waals surface area (Å²) in [6.45, 7) is 1.70. The lowest BCUT2D eigenvalue weighted by Gasteiger charge is -2.20. The highest BCUT2D eigenvalue weighted by Gasteiger charge is 2.31. The Morgan fingerprint density at radius 1 is 0.426 bits per heavy atom. The summed E-state index contributed by atoms with van der Waals surface area (Å²) >= 11 is 0. The molecule has 3 aromatic heterocycles. The van der Waals surface area contributed by atoms with Crippen LogP contribution in [0.5, 0.6) is 0 Å². The van der Waals surface area contributed by atoms with Crippen molar-refractivity contribution < 1.29 is 13.2 Å². The average Bonchev–Trinajstić information content (AvgIpc) is 3.72. The van der Waals surface area contributed by atoms with Gasteiger partial charge in [-0.1, -0.05) is 152 Å². The van der Waals surface area contributed by atoms with Gasteiger partial charge in [-0.05, 0) is 78.2 Å². The highest BCUT2D eigenvalue weighted by molar-refractivity contribution is 6.11. The van der Waals surface area contributed by atoms with Gasteiger partial charge in [0.05, 0.1) is 56.7 Å². The van der Waals surface area contributed by atoms with E-state index < -0.39 is 11.7 Å². The highest BCUT2D eigenvalue weighted by Crippen LogP contribution is 2.44. The van der Waals surface area contributed by atoms with Crippen LogP contribution in [0.15, 0.2) is 206 Å². The van der Waals surface area contributed by atoms with E-state index >= 15 is 0 Å². The molecule has 11 rings (SSSR count). The minimum absolute atomic E-state index is 0.351. The lowest BCUT2D eigenvalue weighted by atomic mass is 9.96. The highest BCUT2D eigenvalue weighted by atomic mass is 19.4. The summed E-state index contributed by atoms with van der Waals surface area (Å²) in [7, 11) is 0. The molecule has 0 atom stereocenters. The van der Waals surface area contributed by atoms with Crippen molar-refractivity contribution in [2.45, 2.75) is 13.1 Å². The van der Waals surface area contributed by atoms with Crippen molar-refractivity contribution in [1.82, 2.24) is 24.5 Å². The normalized spacial score (nSPS) is 11.5. The van der Waals surface area contributed by atoms with E-state index in [1.165, 1.54) is 12.1 Å². The Hall–Kier alpha value is -9.00. The standard InChI is InChI=1S/C59H37F3N6/c1-37-30-44(59(60,61)62)27-28-45(37)43-26-29-55-47(33-43)46-24-14-15-25-54(46)68(55)56-48(57-64-50(39-16-6-2-7-17-39)34-51(65-57)40-18-8-3-9-19-40)31-38(36-63)32-49(56)58-66-52(41-20-10-4-11-21-41)35-53(67-58)42-22-12-5-13-23-42/h2-35H,1H3. The minimum Gasteiger partial charge on any atom is -0.308 e. The monoisotopic (exact) mass is 886 g/mol. The number of benzene rings is 8. The van der Waals surface area contributed by atoms with E-state index in [1.807, 2.05) is 188 Å². The third-order valence-electron chi connectivity index (χ3n) is 12.2. The zero-order valence-electron chi connectivity index (χ0n) is 36.4. The van der Waals surface area contributed by atoms with Gasteiger partial charge in [0.15, 0.2) is 11.6 Å². The Morgan fingerprint density at radius 2 is 0.868 bits per heavy atom. The van der Waals surface area contributed by atoms with E-state index in [2.05, 4.69) is 10.6 Å². The lowest BCUT2D eigenvalue weighted by Crippen LogP contribution is -2.06. The molecule has 68 heavy (non-hydrogen) atoms. The number of halogens is 3. The molecule has 0 bridgehead atoms. The number of nitrogens with zero attached hydrogens (tertiary/aromatic N) is 6. The molecule has 0 N–H and O–H groups in total. The molecule has 0 aliphatic rings. The molecule has 3 heterocycles. The van der Waals surface area contributed by atoms with Crippen molar-refractivity contribution >= 4 is 21.8 Å². The van der Waals surface area contributed by atoms with E-state index in [4.69, 9.17) is 19.9 Å². The van der Waals surface area contributed by atoms with Crippen LogP contribution in [0.1, 0.15) is 16.7 Å². The lowest BCUT2D eigenvalue weighted by molar-refractivity contribution is -0.137. The first-order valence-electron chi connectivity index (χ1n) is 22.0. The van der Waals surface area contributed by atoms with Gasteiger partial charge in [-0.2, -0.15) is 18.4 Å². The Labute approximate surface area is 390 Å². The van der Waals surface area contributed by atoms with Crippen molar-refractivity contribution in [1.29, 1.82) is 5.26 Å². The summed E-state index contributed by atoms with van der Waals surface area (Å²) in [6, 6.07) is 67.6. The number of alkyl halides is 3. The molecule has 0 spiro atoms. The van der Waals surface area contributed by atoms with Gasteiger partial charge in [0.1, 0.15) is 0 Å². The van der Waals surface area contributed by atoms with Crippen molar-refractivity contribution in [2.24, 2.45) is 0 Å². The summed E-state index contributed by atoms with van der Waals surface area (Å²) in [5, 5.41) is 12.7. The van der Waals surface area contributed by atoms with Crippen LogP contribution in [0.2, 0.25) is 0 Å². The molecule has 6 nitrogen and oxygen atoms in total. The second-order valence-corrected chi connectivity index (χ2v) is 16.5.